The number of rotatable bonds is 7. The Morgan fingerprint density at radius 2 is 2.00 bits per heavy atom. The van der Waals surface area contributed by atoms with Gasteiger partial charge in [-0.3, -0.25) is 4.90 Å². The zero-order chi connectivity index (χ0) is 15.0. The van der Waals surface area contributed by atoms with Crippen LogP contribution in [0.4, 0.5) is 4.79 Å². The molecule has 0 aromatic heterocycles. The van der Waals surface area contributed by atoms with Crippen molar-refractivity contribution in [2.75, 3.05) is 39.4 Å². The Morgan fingerprint density at radius 3 is 2.55 bits per heavy atom. The second kappa shape index (κ2) is 8.06. The van der Waals surface area contributed by atoms with Crippen LogP contribution in [0.2, 0.25) is 0 Å². The molecule has 0 saturated carbocycles. The molecular formula is C13H25N3O4. The van der Waals surface area contributed by atoms with Gasteiger partial charge in [-0.1, -0.05) is 6.92 Å². The van der Waals surface area contributed by atoms with Crippen molar-refractivity contribution in [3.05, 3.63) is 0 Å². The van der Waals surface area contributed by atoms with Gasteiger partial charge in [0, 0.05) is 19.6 Å². The number of urea groups is 1. The predicted octanol–water partition coefficient (Wildman–Crippen LogP) is 0.261. The van der Waals surface area contributed by atoms with E-state index >= 15 is 0 Å². The van der Waals surface area contributed by atoms with Crippen molar-refractivity contribution in [2.45, 2.75) is 32.2 Å². The summed E-state index contributed by atoms with van der Waals surface area (Å²) in [6, 6.07) is -0.432. The van der Waals surface area contributed by atoms with Gasteiger partial charge < -0.3 is 20.5 Å². The Balaban J connectivity index is 2.17. The van der Waals surface area contributed by atoms with Crippen molar-refractivity contribution in [1.29, 1.82) is 0 Å². The molecule has 1 unspecified atom stereocenters. The summed E-state index contributed by atoms with van der Waals surface area (Å²) in [4.78, 5) is 25.0. The number of nitrogens with zero attached hydrogens (tertiary/aromatic N) is 1. The van der Waals surface area contributed by atoms with Gasteiger partial charge in [-0.25, -0.2) is 9.59 Å². The summed E-state index contributed by atoms with van der Waals surface area (Å²) in [5.41, 5.74) is -1.21. The number of morpholine rings is 1. The Morgan fingerprint density at radius 1 is 1.35 bits per heavy atom. The lowest BCUT2D eigenvalue weighted by molar-refractivity contribution is -0.143. The average Bonchev–Trinajstić information content (AvgIpc) is 2.44. The molecule has 0 aromatic rings. The van der Waals surface area contributed by atoms with Crippen LogP contribution in [0, 0.1) is 0 Å². The molecule has 3 N–H and O–H groups in total. The van der Waals surface area contributed by atoms with E-state index in [1.165, 1.54) is 6.92 Å². The Labute approximate surface area is 119 Å². The summed E-state index contributed by atoms with van der Waals surface area (Å²) in [6.45, 7) is 8.06. The summed E-state index contributed by atoms with van der Waals surface area (Å²) >= 11 is 0. The molecule has 1 heterocycles. The van der Waals surface area contributed by atoms with E-state index in [4.69, 9.17) is 9.84 Å². The van der Waals surface area contributed by atoms with Crippen LogP contribution in [0.15, 0.2) is 0 Å². The minimum atomic E-state index is -1.21. The molecule has 116 valence electrons. The maximum atomic E-state index is 11.7. The number of aliphatic carboxylic acids is 1. The topological polar surface area (TPSA) is 90.9 Å². The highest BCUT2D eigenvalue weighted by Crippen LogP contribution is 2.08. The van der Waals surface area contributed by atoms with Crippen molar-refractivity contribution < 1.29 is 19.4 Å². The van der Waals surface area contributed by atoms with Crippen molar-refractivity contribution >= 4 is 12.0 Å². The molecule has 0 bridgehead atoms. The molecule has 1 rings (SSSR count). The van der Waals surface area contributed by atoms with E-state index in [0.717, 1.165) is 39.3 Å². The number of carbonyl (C=O) groups is 2. The summed E-state index contributed by atoms with van der Waals surface area (Å²) < 4.78 is 5.26. The van der Waals surface area contributed by atoms with Gasteiger partial charge in [-0.15, -0.1) is 0 Å². The zero-order valence-corrected chi connectivity index (χ0v) is 12.3. The van der Waals surface area contributed by atoms with Gasteiger partial charge in [0.25, 0.3) is 0 Å². The van der Waals surface area contributed by atoms with Crippen LogP contribution in [0.5, 0.6) is 0 Å². The molecule has 1 fully saturated rings. The lowest BCUT2D eigenvalue weighted by Crippen LogP contribution is -2.55. The standard InChI is InChI=1S/C13H25N3O4/c1-3-13(2,11(17)18)15-12(19)14-5-4-6-16-7-9-20-10-8-16/h3-10H2,1-2H3,(H,17,18)(H2,14,15,19). The van der Waals surface area contributed by atoms with E-state index in [0.29, 0.717) is 13.0 Å². The molecule has 20 heavy (non-hydrogen) atoms. The van der Waals surface area contributed by atoms with Crippen LogP contribution in [-0.4, -0.2) is 66.9 Å². The minimum absolute atomic E-state index is 0.337. The number of ether oxygens (including phenoxy) is 1. The van der Waals surface area contributed by atoms with Gasteiger partial charge in [0.05, 0.1) is 13.2 Å². The summed E-state index contributed by atoms with van der Waals surface area (Å²) in [5, 5.41) is 14.3. The normalized spacial score (nSPS) is 19.1. The molecule has 1 atom stereocenters. The van der Waals surface area contributed by atoms with Crippen LogP contribution in [-0.2, 0) is 9.53 Å². The maximum absolute atomic E-state index is 11.7. The second-order valence-corrected chi connectivity index (χ2v) is 5.18. The number of carboxylic acid groups (broad SMARTS) is 1. The van der Waals surface area contributed by atoms with Gasteiger partial charge in [-0.2, -0.15) is 0 Å². The number of hydrogen-bond donors (Lipinski definition) is 3. The molecule has 2 amide bonds. The summed E-state index contributed by atoms with van der Waals surface area (Å²) in [6.07, 6.45) is 1.17. The quantitative estimate of drug-likeness (QED) is 0.584. The highest BCUT2D eigenvalue weighted by atomic mass is 16.5. The van der Waals surface area contributed by atoms with E-state index in [9.17, 15) is 9.59 Å². The molecule has 0 aliphatic carbocycles. The van der Waals surface area contributed by atoms with E-state index in [1.807, 2.05) is 0 Å². The monoisotopic (exact) mass is 287 g/mol. The first-order valence-electron chi connectivity index (χ1n) is 7.07. The number of carboxylic acids is 1. The van der Waals surface area contributed by atoms with E-state index < -0.39 is 17.5 Å². The molecule has 7 heteroatoms. The molecule has 0 radical (unpaired) electrons. The zero-order valence-electron chi connectivity index (χ0n) is 12.3. The third-order valence-electron chi connectivity index (χ3n) is 3.61. The fourth-order valence-electron chi connectivity index (χ4n) is 1.92. The Bertz CT molecular complexity index is 332. The van der Waals surface area contributed by atoms with Crippen molar-refractivity contribution in [2.24, 2.45) is 0 Å². The smallest absolute Gasteiger partial charge is 0.329 e. The first-order chi connectivity index (χ1) is 9.48. The number of carbonyl (C=O) groups excluding carboxylic acids is 1. The molecule has 1 aliphatic rings. The van der Waals surface area contributed by atoms with Crippen LogP contribution in [0.1, 0.15) is 26.7 Å². The maximum Gasteiger partial charge on any atom is 0.329 e. The molecule has 0 aromatic carbocycles. The molecular weight excluding hydrogens is 262 g/mol. The van der Waals surface area contributed by atoms with Gasteiger partial charge in [0.1, 0.15) is 5.54 Å². The van der Waals surface area contributed by atoms with Crippen molar-refractivity contribution in [1.82, 2.24) is 15.5 Å². The van der Waals surface area contributed by atoms with Crippen LogP contribution < -0.4 is 10.6 Å². The summed E-state index contributed by atoms with van der Waals surface area (Å²) in [7, 11) is 0. The van der Waals surface area contributed by atoms with Crippen molar-refractivity contribution in [3.8, 4) is 0 Å². The minimum Gasteiger partial charge on any atom is -0.480 e. The van der Waals surface area contributed by atoms with Gasteiger partial charge in [0.2, 0.25) is 0 Å². The Hall–Kier alpha value is -1.34. The fraction of sp³-hybridized carbons (Fsp3) is 0.846. The third kappa shape index (κ3) is 5.34. The molecule has 7 nitrogen and oxygen atoms in total. The lowest BCUT2D eigenvalue weighted by Gasteiger charge is -2.27. The molecule has 1 saturated heterocycles. The molecule has 1 aliphatic heterocycles. The third-order valence-corrected chi connectivity index (χ3v) is 3.61. The average molecular weight is 287 g/mol. The van der Waals surface area contributed by atoms with Gasteiger partial charge in [0.15, 0.2) is 0 Å². The SMILES string of the molecule is CCC(C)(NC(=O)NCCCN1CCOCC1)C(=O)O. The van der Waals surface area contributed by atoms with E-state index in [1.54, 1.807) is 6.92 Å². The van der Waals surface area contributed by atoms with Crippen LogP contribution in [0.3, 0.4) is 0 Å². The number of hydrogen-bond acceptors (Lipinski definition) is 4. The highest BCUT2D eigenvalue weighted by Gasteiger charge is 2.32. The lowest BCUT2D eigenvalue weighted by atomic mass is 10.00. The largest absolute Gasteiger partial charge is 0.480 e. The van der Waals surface area contributed by atoms with Gasteiger partial charge in [-0.05, 0) is 26.3 Å². The Kier molecular flexibility index (Phi) is 6.74. The van der Waals surface area contributed by atoms with Crippen LogP contribution in [0.25, 0.3) is 0 Å². The molecule has 0 spiro atoms. The van der Waals surface area contributed by atoms with Crippen LogP contribution >= 0.6 is 0 Å². The number of amides is 2. The predicted molar refractivity (Wildman–Crippen MR) is 74.7 cm³/mol. The van der Waals surface area contributed by atoms with Gasteiger partial charge >= 0.3 is 12.0 Å². The first kappa shape index (κ1) is 16.7. The van der Waals surface area contributed by atoms with E-state index in [2.05, 4.69) is 15.5 Å². The number of nitrogens with one attached hydrogen (secondary N) is 2. The summed E-state index contributed by atoms with van der Waals surface area (Å²) in [5.74, 6) is -1.02. The first-order valence-corrected chi connectivity index (χ1v) is 7.07. The fourth-order valence-corrected chi connectivity index (χ4v) is 1.92. The second-order valence-electron chi connectivity index (χ2n) is 5.18. The highest BCUT2D eigenvalue weighted by molar-refractivity contribution is 5.85. The van der Waals surface area contributed by atoms with Crippen molar-refractivity contribution in [3.63, 3.8) is 0 Å². The van der Waals surface area contributed by atoms with E-state index in [-0.39, 0.29) is 0 Å².